The van der Waals surface area contributed by atoms with Gasteiger partial charge in [0, 0.05) is 19.7 Å². The first-order chi connectivity index (χ1) is 15.0. The summed E-state index contributed by atoms with van der Waals surface area (Å²) >= 11 is 0. The second kappa shape index (κ2) is 8.64. The molecule has 0 aromatic heterocycles. The Morgan fingerprint density at radius 3 is 2.61 bits per heavy atom. The topological polar surface area (TPSA) is 56.1 Å². The van der Waals surface area contributed by atoms with Gasteiger partial charge in [-0.05, 0) is 53.8 Å². The van der Waals surface area contributed by atoms with Gasteiger partial charge in [-0.15, -0.1) is 0 Å². The van der Waals surface area contributed by atoms with Crippen LogP contribution in [0.25, 0.3) is 11.1 Å². The van der Waals surface area contributed by atoms with E-state index in [9.17, 15) is 9.90 Å². The number of benzene rings is 2. The Bertz CT molecular complexity index is 1110. The molecule has 0 bridgehead atoms. The van der Waals surface area contributed by atoms with Crippen molar-refractivity contribution in [1.29, 1.82) is 0 Å². The number of aromatic carboxylic acids is 1. The lowest BCUT2D eigenvalue weighted by atomic mass is 9.96. The van der Waals surface area contributed by atoms with Gasteiger partial charge in [-0.1, -0.05) is 55.5 Å². The molecule has 2 aliphatic rings. The minimum atomic E-state index is -0.912. The maximum atomic E-state index is 11.6. The second-order valence-electron chi connectivity index (χ2n) is 7.91. The summed E-state index contributed by atoms with van der Waals surface area (Å²) in [7, 11) is 2.05. The SMILES string of the molecule is CC/C=C/C1=NC2=CC(C)=CN(C)N2C1Cc1ccc(-c2ccccc2C(=O)O)cc1. The van der Waals surface area contributed by atoms with Crippen LogP contribution in [-0.2, 0) is 6.42 Å². The molecule has 0 amide bonds. The predicted molar refractivity (Wildman–Crippen MR) is 125 cm³/mol. The standard InChI is InChI=1S/C26H27N3O2/c1-4-5-10-23-24(29-25(27-23)15-18(2)17-28(29)3)16-19-11-13-20(14-12-19)21-8-6-7-9-22(21)26(30)31/h5-15,17,24H,4,16H2,1-3H3,(H,30,31)/b10-5+. The van der Waals surface area contributed by atoms with Crippen LogP contribution in [0.15, 0.2) is 89.3 Å². The largest absolute Gasteiger partial charge is 0.478 e. The summed E-state index contributed by atoms with van der Waals surface area (Å²) in [5.74, 6) is 0.0558. The first kappa shape index (κ1) is 20.7. The third-order valence-corrected chi connectivity index (χ3v) is 5.58. The zero-order valence-electron chi connectivity index (χ0n) is 18.1. The van der Waals surface area contributed by atoms with E-state index in [0.29, 0.717) is 5.56 Å². The zero-order chi connectivity index (χ0) is 22.0. The third kappa shape index (κ3) is 4.17. The van der Waals surface area contributed by atoms with Crippen molar-refractivity contribution < 1.29 is 9.90 Å². The van der Waals surface area contributed by atoms with Crippen molar-refractivity contribution in [3.8, 4) is 11.1 Å². The molecule has 0 spiro atoms. The molecular formula is C26H27N3O2. The van der Waals surface area contributed by atoms with Gasteiger partial charge in [0.15, 0.2) is 0 Å². The lowest BCUT2D eigenvalue weighted by molar-refractivity contribution is 0.0697. The van der Waals surface area contributed by atoms with E-state index in [0.717, 1.165) is 35.5 Å². The number of hydrazine groups is 1. The average Bonchev–Trinajstić information content (AvgIpc) is 3.09. The number of nitrogens with zero attached hydrogens (tertiary/aromatic N) is 3. The molecule has 0 aliphatic carbocycles. The molecule has 0 saturated heterocycles. The van der Waals surface area contributed by atoms with Crippen LogP contribution in [0.1, 0.15) is 36.2 Å². The summed E-state index contributed by atoms with van der Waals surface area (Å²) in [6.45, 7) is 4.21. The Labute approximate surface area is 183 Å². The van der Waals surface area contributed by atoms with Crippen molar-refractivity contribution in [2.75, 3.05) is 7.05 Å². The van der Waals surface area contributed by atoms with Crippen molar-refractivity contribution in [1.82, 2.24) is 10.0 Å². The molecule has 1 N–H and O–H groups in total. The van der Waals surface area contributed by atoms with Crippen LogP contribution in [0.4, 0.5) is 0 Å². The van der Waals surface area contributed by atoms with E-state index in [4.69, 9.17) is 4.99 Å². The van der Waals surface area contributed by atoms with E-state index >= 15 is 0 Å². The second-order valence-corrected chi connectivity index (χ2v) is 7.91. The number of rotatable bonds is 6. The number of carboxylic acid groups (broad SMARTS) is 1. The van der Waals surface area contributed by atoms with Crippen molar-refractivity contribution in [2.45, 2.75) is 32.7 Å². The molecule has 2 aromatic carbocycles. The molecular weight excluding hydrogens is 386 g/mol. The predicted octanol–water partition coefficient (Wildman–Crippen LogP) is 5.29. The van der Waals surface area contributed by atoms with Crippen LogP contribution in [-0.4, -0.2) is 39.9 Å². The number of fused-ring (bicyclic) bond motifs is 1. The Hall–Kier alpha value is -3.60. The molecule has 2 aliphatic heterocycles. The van der Waals surface area contributed by atoms with E-state index in [1.165, 1.54) is 11.1 Å². The Balaban J connectivity index is 1.61. The van der Waals surface area contributed by atoms with Gasteiger partial charge in [0.05, 0.1) is 17.3 Å². The van der Waals surface area contributed by atoms with Gasteiger partial charge in [0.1, 0.15) is 5.82 Å². The minimum Gasteiger partial charge on any atom is -0.478 e. The van der Waals surface area contributed by atoms with Crippen LogP contribution in [0.2, 0.25) is 0 Å². The molecule has 5 nitrogen and oxygen atoms in total. The van der Waals surface area contributed by atoms with Crippen molar-refractivity contribution in [3.05, 3.63) is 95.5 Å². The number of carboxylic acids is 1. The highest BCUT2D eigenvalue weighted by molar-refractivity contribution is 6.02. The summed E-state index contributed by atoms with van der Waals surface area (Å²) in [5, 5.41) is 13.8. The van der Waals surface area contributed by atoms with Gasteiger partial charge in [0.2, 0.25) is 0 Å². The van der Waals surface area contributed by atoms with Crippen molar-refractivity contribution in [3.63, 3.8) is 0 Å². The van der Waals surface area contributed by atoms with Gasteiger partial charge >= 0.3 is 5.97 Å². The molecule has 1 atom stereocenters. The van der Waals surface area contributed by atoms with E-state index in [2.05, 4.69) is 67.5 Å². The Morgan fingerprint density at radius 1 is 1.16 bits per heavy atom. The van der Waals surface area contributed by atoms with Crippen LogP contribution < -0.4 is 0 Å². The Morgan fingerprint density at radius 2 is 1.90 bits per heavy atom. The fourth-order valence-electron chi connectivity index (χ4n) is 4.16. The van der Waals surface area contributed by atoms with Crippen LogP contribution in [0.3, 0.4) is 0 Å². The number of hydrogen-bond donors (Lipinski definition) is 1. The fraction of sp³-hybridized carbons (Fsp3) is 0.231. The van der Waals surface area contributed by atoms with Gasteiger partial charge in [0.25, 0.3) is 0 Å². The molecule has 2 heterocycles. The molecule has 2 aromatic rings. The van der Waals surface area contributed by atoms with Crippen molar-refractivity contribution >= 4 is 11.7 Å². The average molecular weight is 414 g/mol. The van der Waals surface area contributed by atoms with E-state index < -0.39 is 5.97 Å². The zero-order valence-corrected chi connectivity index (χ0v) is 18.1. The first-order valence-electron chi connectivity index (χ1n) is 10.6. The maximum Gasteiger partial charge on any atom is 0.336 e. The number of aliphatic imine (C=N–C) groups is 1. The smallest absolute Gasteiger partial charge is 0.336 e. The van der Waals surface area contributed by atoms with Gasteiger partial charge in [-0.3, -0.25) is 10.0 Å². The number of carbonyl (C=O) groups is 1. The molecule has 31 heavy (non-hydrogen) atoms. The highest BCUT2D eigenvalue weighted by atomic mass is 16.4. The lowest BCUT2D eigenvalue weighted by Gasteiger charge is -2.37. The minimum absolute atomic E-state index is 0.112. The first-order valence-corrected chi connectivity index (χ1v) is 10.6. The third-order valence-electron chi connectivity index (χ3n) is 5.58. The fourth-order valence-corrected chi connectivity index (χ4v) is 4.16. The van der Waals surface area contributed by atoms with Gasteiger partial charge < -0.3 is 5.11 Å². The summed E-state index contributed by atoms with van der Waals surface area (Å²) < 4.78 is 0. The normalized spacial score (nSPS) is 18.0. The quantitative estimate of drug-likeness (QED) is 0.699. The van der Waals surface area contributed by atoms with Gasteiger partial charge in [-0.25, -0.2) is 9.79 Å². The monoisotopic (exact) mass is 413 g/mol. The maximum absolute atomic E-state index is 11.6. The molecule has 0 fully saturated rings. The molecule has 158 valence electrons. The highest BCUT2D eigenvalue weighted by Crippen LogP contribution is 2.31. The van der Waals surface area contributed by atoms with Crippen LogP contribution in [0, 0.1) is 0 Å². The van der Waals surface area contributed by atoms with E-state index in [1.807, 2.05) is 24.3 Å². The summed E-state index contributed by atoms with van der Waals surface area (Å²) in [5.41, 5.74) is 5.37. The summed E-state index contributed by atoms with van der Waals surface area (Å²) in [6, 6.07) is 15.4. The summed E-state index contributed by atoms with van der Waals surface area (Å²) in [4.78, 5) is 16.5. The number of allylic oxidation sites excluding steroid dienone is 3. The van der Waals surface area contributed by atoms with Crippen LogP contribution >= 0.6 is 0 Å². The molecule has 4 rings (SSSR count). The lowest BCUT2D eigenvalue weighted by Crippen LogP contribution is -2.45. The Kier molecular flexibility index (Phi) is 5.76. The van der Waals surface area contributed by atoms with Gasteiger partial charge in [-0.2, -0.15) is 0 Å². The molecule has 5 heteroatoms. The summed E-state index contributed by atoms with van der Waals surface area (Å²) in [6.07, 6.45) is 10.3. The van der Waals surface area contributed by atoms with E-state index in [-0.39, 0.29) is 6.04 Å². The van der Waals surface area contributed by atoms with E-state index in [1.54, 1.807) is 12.1 Å². The highest BCUT2D eigenvalue weighted by Gasteiger charge is 2.34. The van der Waals surface area contributed by atoms with Crippen molar-refractivity contribution in [2.24, 2.45) is 4.99 Å². The molecule has 1 unspecified atom stereocenters. The van der Waals surface area contributed by atoms with Crippen LogP contribution in [0.5, 0.6) is 0 Å². The molecule has 0 saturated carbocycles. The number of hydrogen-bond acceptors (Lipinski definition) is 4. The molecule has 0 radical (unpaired) electrons.